The fourth-order valence-corrected chi connectivity index (χ4v) is 6.68. The van der Waals surface area contributed by atoms with Crippen LogP contribution in [0.1, 0.15) is 22.3 Å². The monoisotopic (exact) mass is 445 g/mol. The quantitative estimate of drug-likeness (QED) is 0.229. The molecule has 7 aromatic rings. The van der Waals surface area contributed by atoms with Crippen LogP contribution in [0.3, 0.4) is 0 Å². The number of nitrogens with zero attached hydrogens (tertiary/aromatic N) is 3. The van der Waals surface area contributed by atoms with Gasteiger partial charge in [0.2, 0.25) is 0 Å². The Bertz CT molecular complexity index is 2060. The van der Waals surface area contributed by atoms with Gasteiger partial charge in [0.1, 0.15) is 5.65 Å². The Labute approximate surface area is 201 Å². The van der Waals surface area contributed by atoms with Crippen molar-refractivity contribution in [3.63, 3.8) is 0 Å². The van der Waals surface area contributed by atoms with Gasteiger partial charge in [-0.2, -0.15) is 0 Å². The van der Waals surface area contributed by atoms with Crippen LogP contribution in [0.2, 0.25) is 0 Å². The Morgan fingerprint density at radius 3 is 2.46 bits per heavy atom. The van der Waals surface area contributed by atoms with Crippen LogP contribution in [-0.2, 0) is 12.8 Å². The van der Waals surface area contributed by atoms with Crippen LogP contribution in [0.4, 0.5) is 0 Å². The third-order valence-electron chi connectivity index (χ3n) is 8.09. The summed E-state index contributed by atoms with van der Waals surface area (Å²) in [5.74, 6) is 0. The predicted molar refractivity (Wildman–Crippen MR) is 142 cm³/mol. The van der Waals surface area contributed by atoms with E-state index in [1.165, 1.54) is 55.3 Å². The summed E-state index contributed by atoms with van der Waals surface area (Å²) in [5, 5.41) is 2.42. The lowest BCUT2D eigenvalue weighted by molar-refractivity contribution is 1.24. The highest BCUT2D eigenvalue weighted by Gasteiger charge is 2.30. The highest BCUT2D eigenvalue weighted by atomic mass is 15.0. The van der Waals surface area contributed by atoms with Gasteiger partial charge in [-0.25, -0.2) is 4.98 Å². The third-order valence-corrected chi connectivity index (χ3v) is 8.09. The maximum Gasteiger partial charge on any atom is 0.146 e. The minimum absolute atomic E-state index is 0.932. The number of aromatic nitrogens is 3. The molecule has 35 heavy (non-hydrogen) atoms. The van der Waals surface area contributed by atoms with E-state index < -0.39 is 0 Å². The summed E-state index contributed by atoms with van der Waals surface area (Å²) < 4.78 is 2.28. The number of hydrogen-bond donors (Lipinski definition) is 0. The summed E-state index contributed by atoms with van der Waals surface area (Å²) in [4.78, 5) is 10.0. The van der Waals surface area contributed by atoms with Crippen molar-refractivity contribution in [2.45, 2.75) is 12.8 Å². The maximum atomic E-state index is 5.09. The van der Waals surface area contributed by atoms with Crippen LogP contribution in [0.15, 0.2) is 91.1 Å². The van der Waals surface area contributed by atoms with E-state index in [0.29, 0.717) is 0 Å². The maximum absolute atomic E-state index is 5.09. The summed E-state index contributed by atoms with van der Waals surface area (Å²) >= 11 is 0. The first-order valence-electron chi connectivity index (χ1n) is 12.2. The fraction of sp³-hybridized carbons (Fsp3) is 0.0625. The van der Waals surface area contributed by atoms with Gasteiger partial charge in [-0.15, -0.1) is 0 Å². The Morgan fingerprint density at radius 2 is 1.46 bits per heavy atom. The molecule has 0 N–H and O–H groups in total. The molecule has 0 fully saturated rings. The van der Waals surface area contributed by atoms with Crippen molar-refractivity contribution in [2.24, 2.45) is 0 Å². The van der Waals surface area contributed by atoms with Gasteiger partial charge >= 0.3 is 0 Å². The number of fused-ring (bicyclic) bond motifs is 16. The average Bonchev–Trinajstić information content (AvgIpc) is 3.59. The highest BCUT2D eigenvalue weighted by molar-refractivity contribution is 6.16. The van der Waals surface area contributed by atoms with Crippen molar-refractivity contribution < 1.29 is 0 Å². The lowest BCUT2D eigenvalue weighted by atomic mass is 9.95. The predicted octanol–water partition coefficient (Wildman–Crippen LogP) is 7.33. The number of rotatable bonds is 0. The Balaban J connectivity index is 1.42. The van der Waals surface area contributed by atoms with Crippen molar-refractivity contribution in [2.75, 3.05) is 0 Å². The smallest absolute Gasteiger partial charge is 0.146 e. The lowest BCUT2D eigenvalue weighted by Gasteiger charge is -2.12. The van der Waals surface area contributed by atoms with Crippen LogP contribution < -0.4 is 0 Å². The molecule has 4 aromatic carbocycles. The van der Waals surface area contributed by atoms with Crippen LogP contribution >= 0.6 is 0 Å². The number of imidazole rings is 1. The van der Waals surface area contributed by atoms with Crippen LogP contribution in [0.25, 0.3) is 60.7 Å². The zero-order valence-electron chi connectivity index (χ0n) is 18.9. The molecule has 0 bridgehead atoms. The molecule has 0 saturated heterocycles. The molecule has 0 aliphatic heterocycles. The minimum atomic E-state index is 0.932. The topological polar surface area (TPSA) is 30.2 Å². The molecular weight excluding hydrogens is 426 g/mol. The van der Waals surface area contributed by atoms with E-state index in [9.17, 15) is 0 Å². The van der Waals surface area contributed by atoms with Gasteiger partial charge in [0.05, 0.1) is 22.1 Å². The molecule has 3 aromatic heterocycles. The van der Waals surface area contributed by atoms with Crippen molar-refractivity contribution in [1.29, 1.82) is 0 Å². The van der Waals surface area contributed by atoms with Crippen molar-refractivity contribution in [3.8, 4) is 22.3 Å². The fourth-order valence-electron chi connectivity index (χ4n) is 6.68. The standard InChI is InChI=1S/C32H19N3/c1-2-7-20-18(6-1)16-19-11-12-21-22-13-14-23-30(25(22)17-24(21)29(19)20)31-28(10-5-15-33-31)35-27-9-4-3-8-26(27)34-32(23)35/h1-15H,16-17H2. The summed E-state index contributed by atoms with van der Waals surface area (Å²) in [6, 6.07) is 30.8. The molecule has 3 heteroatoms. The first kappa shape index (κ1) is 17.9. The highest BCUT2D eigenvalue weighted by Crippen LogP contribution is 2.50. The normalized spacial score (nSPS) is 13.5. The second kappa shape index (κ2) is 6.13. The van der Waals surface area contributed by atoms with Gasteiger partial charge in [0, 0.05) is 17.0 Å². The molecule has 2 aliphatic carbocycles. The van der Waals surface area contributed by atoms with Gasteiger partial charge in [-0.3, -0.25) is 9.38 Å². The van der Waals surface area contributed by atoms with E-state index in [2.05, 4.69) is 83.3 Å². The Kier molecular flexibility index (Phi) is 3.14. The second-order valence-corrected chi connectivity index (χ2v) is 9.78. The largest absolute Gasteiger partial charge is 0.290 e. The van der Waals surface area contributed by atoms with E-state index in [1.54, 1.807) is 0 Å². The summed E-state index contributed by atoms with van der Waals surface area (Å²) in [6.07, 6.45) is 3.88. The molecule has 0 unspecified atom stereocenters. The minimum Gasteiger partial charge on any atom is -0.290 e. The Hall–Kier alpha value is -4.50. The summed E-state index contributed by atoms with van der Waals surface area (Å²) in [6.45, 7) is 0. The van der Waals surface area contributed by atoms with Gasteiger partial charge in [0.25, 0.3) is 0 Å². The molecule has 3 nitrogen and oxygen atoms in total. The van der Waals surface area contributed by atoms with Gasteiger partial charge in [0.15, 0.2) is 0 Å². The van der Waals surface area contributed by atoms with Gasteiger partial charge in [-0.1, -0.05) is 54.6 Å². The van der Waals surface area contributed by atoms with Crippen molar-refractivity contribution >= 4 is 38.5 Å². The zero-order valence-corrected chi connectivity index (χ0v) is 18.9. The molecule has 162 valence electrons. The van der Waals surface area contributed by atoms with E-state index >= 15 is 0 Å². The number of hydrogen-bond acceptors (Lipinski definition) is 2. The molecule has 0 atom stereocenters. The first-order chi connectivity index (χ1) is 17.4. The van der Waals surface area contributed by atoms with E-state index in [4.69, 9.17) is 9.97 Å². The Morgan fingerprint density at radius 1 is 0.629 bits per heavy atom. The van der Waals surface area contributed by atoms with Gasteiger partial charge in [-0.05, 0) is 87.7 Å². The van der Waals surface area contributed by atoms with Crippen molar-refractivity contribution in [1.82, 2.24) is 14.4 Å². The molecule has 9 rings (SSSR count). The summed E-state index contributed by atoms with van der Waals surface area (Å²) in [7, 11) is 0. The molecular formula is C32H19N3. The third kappa shape index (κ3) is 2.12. The lowest BCUT2D eigenvalue weighted by Crippen LogP contribution is -1.96. The number of benzene rings is 4. The van der Waals surface area contributed by atoms with Crippen LogP contribution in [0, 0.1) is 0 Å². The SMILES string of the molecule is c1ccc2c(c1)Cc1ccc3c(c1-2)Cc1c-3ccc2c1c1ncccc1n1c3ccccc3nc21. The molecule has 0 amide bonds. The van der Waals surface area contributed by atoms with Crippen LogP contribution in [0.5, 0.6) is 0 Å². The average molecular weight is 446 g/mol. The van der Waals surface area contributed by atoms with Gasteiger partial charge < -0.3 is 0 Å². The second-order valence-electron chi connectivity index (χ2n) is 9.78. The molecule has 0 spiro atoms. The first-order valence-corrected chi connectivity index (χ1v) is 12.2. The molecule has 3 heterocycles. The zero-order chi connectivity index (χ0) is 22.7. The number of para-hydroxylation sites is 2. The molecule has 0 radical (unpaired) electrons. The van der Waals surface area contributed by atoms with E-state index in [-0.39, 0.29) is 0 Å². The van der Waals surface area contributed by atoms with Crippen LogP contribution in [-0.4, -0.2) is 14.4 Å². The van der Waals surface area contributed by atoms with E-state index in [0.717, 1.165) is 40.6 Å². The van der Waals surface area contributed by atoms with Crippen molar-refractivity contribution in [3.05, 3.63) is 113 Å². The molecule has 2 aliphatic rings. The summed E-state index contributed by atoms with van der Waals surface area (Å²) in [5.41, 5.74) is 16.6. The number of pyridine rings is 2. The van der Waals surface area contributed by atoms with E-state index in [1.807, 2.05) is 12.3 Å². The molecule has 0 saturated carbocycles.